The molecule has 1 fully saturated rings. The van der Waals surface area contributed by atoms with Gasteiger partial charge < -0.3 is 14.6 Å². The Morgan fingerprint density at radius 2 is 2.33 bits per heavy atom. The van der Waals surface area contributed by atoms with Crippen LogP contribution in [-0.2, 0) is 9.47 Å². The largest absolute Gasteiger partial charge is 0.394 e. The summed E-state index contributed by atoms with van der Waals surface area (Å²) in [4.78, 5) is 0. The van der Waals surface area contributed by atoms with Gasteiger partial charge in [0, 0.05) is 6.42 Å². The molecule has 3 nitrogen and oxygen atoms in total. The first-order valence-electron chi connectivity index (χ1n) is 3.17. The lowest BCUT2D eigenvalue weighted by atomic mass is 10.2. The average molecular weight is 132 g/mol. The topological polar surface area (TPSA) is 38.7 Å². The van der Waals surface area contributed by atoms with Gasteiger partial charge in [-0.25, -0.2) is 0 Å². The average Bonchev–Trinajstić information content (AvgIpc) is 1.88. The third-order valence-electron chi connectivity index (χ3n) is 1.45. The Hall–Kier alpha value is -0.120. The van der Waals surface area contributed by atoms with Crippen molar-refractivity contribution in [2.45, 2.75) is 25.6 Å². The van der Waals surface area contributed by atoms with Gasteiger partial charge in [0.15, 0.2) is 0 Å². The molecule has 0 spiro atoms. The summed E-state index contributed by atoms with van der Waals surface area (Å²) in [6.07, 6.45) is 1.03. The Bertz CT molecular complexity index is 84.4. The van der Waals surface area contributed by atoms with Gasteiger partial charge in [0.2, 0.25) is 0 Å². The molecule has 2 atom stereocenters. The highest BCUT2D eigenvalue weighted by atomic mass is 16.7. The van der Waals surface area contributed by atoms with E-state index in [1.165, 1.54) is 0 Å². The molecule has 1 aliphatic rings. The van der Waals surface area contributed by atoms with Gasteiger partial charge in [-0.15, -0.1) is 0 Å². The maximum atomic E-state index is 8.63. The lowest BCUT2D eigenvalue weighted by Gasteiger charge is -2.25. The molecule has 1 rings (SSSR count). The van der Waals surface area contributed by atoms with E-state index < -0.39 is 0 Å². The highest BCUT2D eigenvalue weighted by Gasteiger charge is 2.18. The van der Waals surface area contributed by atoms with Crippen LogP contribution in [0.4, 0.5) is 0 Å². The van der Waals surface area contributed by atoms with Crippen molar-refractivity contribution < 1.29 is 14.6 Å². The number of aliphatic hydroxyl groups excluding tert-OH is 1. The van der Waals surface area contributed by atoms with Crippen molar-refractivity contribution in [1.82, 2.24) is 0 Å². The van der Waals surface area contributed by atoms with Gasteiger partial charge in [-0.05, 0) is 6.92 Å². The lowest BCUT2D eigenvalue weighted by Crippen LogP contribution is -2.31. The van der Waals surface area contributed by atoms with Crippen molar-refractivity contribution in [3.8, 4) is 0 Å². The Labute approximate surface area is 54.6 Å². The minimum atomic E-state index is -0.00579. The molecule has 0 radical (unpaired) electrons. The molecule has 1 N–H and O–H groups in total. The van der Waals surface area contributed by atoms with Crippen LogP contribution in [0.5, 0.6) is 0 Å². The first-order valence-corrected chi connectivity index (χ1v) is 3.17. The molecule has 0 aromatic rings. The molecule has 0 saturated carbocycles. The number of hydrogen-bond acceptors (Lipinski definition) is 3. The molecule has 9 heavy (non-hydrogen) atoms. The normalized spacial score (nSPS) is 36.7. The minimum Gasteiger partial charge on any atom is -0.394 e. The maximum Gasteiger partial charge on any atom is 0.147 e. The fourth-order valence-corrected chi connectivity index (χ4v) is 0.885. The van der Waals surface area contributed by atoms with Crippen LogP contribution < -0.4 is 0 Å². The van der Waals surface area contributed by atoms with Crippen LogP contribution in [0, 0.1) is 0 Å². The van der Waals surface area contributed by atoms with E-state index in [2.05, 4.69) is 0 Å². The van der Waals surface area contributed by atoms with E-state index in [4.69, 9.17) is 14.6 Å². The standard InChI is InChI=1S/C6H12O3/c1-5-2-6(3-7)9-4-8-5/h5-7H,2-4H2,1H3. The Morgan fingerprint density at radius 3 is 2.78 bits per heavy atom. The van der Waals surface area contributed by atoms with Gasteiger partial charge >= 0.3 is 0 Å². The first kappa shape index (κ1) is 6.99. The zero-order chi connectivity index (χ0) is 6.69. The molecule has 0 amide bonds. The molecule has 0 bridgehead atoms. The smallest absolute Gasteiger partial charge is 0.147 e. The highest BCUT2D eigenvalue weighted by Crippen LogP contribution is 2.11. The monoisotopic (exact) mass is 132 g/mol. The van der Waals surface area contributed by atoms with Crippen LogP contribution in [0.25, 0.3) is 0 Å². The van der Waals surface area contributed by atoms with Gasteiger partial charge in [-0.1, -0.05) is 0 Å². The van der Waals surface area contributed by atoms with Crippen LogP contribution >= 0.6 is 0 Å². The predicted molar refractivity (Wildman–Crippen MR) is 32.0 cm³/mol. The van der Waals surface area contributed by atoms with Crippen molar-refractivity contribution in [2.24, 2.45) is 0 Å². The summed E-state index contributed by atoms with van der Waals surface area (Å²) in [5.74, 6) is 0. The molecular weight excluding hydrogens is 120 g/mol. The zero-order valence-corrected chi connectivity index (χ0v) is 5.54. The van der Waals surface area contributed by atoms with E-state index in [1.807, 2.05) is 6.92 Å². The van der Waals surface area contributed by atoms with Gasteiger partial charge in [0.1, 0.15) is 6.79 Å². The van der Waals surface area contributed by atoms with Crippen LogP contribution in [0.2, 0.25) is 0 Å². The summed E-state index contributed by atoms with van der Waals surface area (Å²) in [6.45, 7) is 2.41. The number of hydrogen-bond donors (Lipinski definition) is 1. The van der Waals surface area contributed by atoms with Crippen LogP contribution in [-0.4, -0.2) is 30.7 Å². The van der Waals surface area contributed by atoms with Crippen molar-refractivity contribution in [1.29, 1.82) is 0 Å². The van der Waals surface area contributed by atoms with E-state index >= 15 is 0 Å². The number of rotatable bonds is 1. The molecule has 1 heterocycles. The molecular formula is C6H12O3. The van der Waals surface area contributed by atoms with Crippen molar-refractivity contribution in [3.63, 3.8) is 0 Å². The fraction of sp³-hybridized carbons (Fsp3) is 1.00. The van der Waals surface area contributed by atoms with Gasteiger partial charge in [-0.2, -0.15) is 0 Å². The van der Waals surface area contributed by atoms with Gasteiger partial charge in [-0.3, -0.25) is 0 Å². The van der Waals surface area contributed by atoms with Crippen molar-refractivity contribution in [2.75, 3.05) is 13.4 Å². The second-order valence-corrected chi connectivity index (χ2v) is 2.30. The van der Waals surface area contributed by atoms with Crippen LogP contribution in [0.3, 0.4) is 0 Å². The van der Waals surface area contributed by atoms with Crippen molar-refractivity contribution in [3.05, 3.63) is 0 Å². The summed E-state index contributed by atoms with van der Waals surface area (Å²) < 4.78 is 10.1. The Morgan fingerprint density at radius 1 is 1.56 bits per heavy atom. The summed E-state index contributed by atoms with van der Waals surface area (Å²) in [5, 5.41) is 8.63. The fourth-order valence-electron chi connectivity index (χ4n) is 0.885. The summed E-state index contributed by atoms with van der Waals surface area (Å²) in [7, 11) is 0. The molecule has 1 saturated heterocycles. The van der Waals surface area contributed by atoms with Gasteiger partial charge in [0.25, 0.3) is 0 Å². The van der Waals surface area contributed by atoms with Gasteiger partial charge in [0.05, 0.1) is 18.8 Å². The zero-order valence-electron chi connectivity index (χ0n) is 5.54. The lowest BCUT2D eigenvalue weighted by molar-refractivity contribution is -0.178. The predicted octanol–water partition coefficient (Wildman–Crippen LogP) is 0.130. The molecule has 54 valence electrons. The summed E-state index contributed by atoms with van der Waals surface area (Å²) >= 11 is 0. The quantitative estimate of drug-likeness (QED) is 0.551. The number of aliphatic hydroxyl groups is 1. The summed E-state index contributed by atoms with van der Waals surface area (Å²) in [6, 6.07) is 0. The molecule has 0 aromatic carbocycles. The van der Waals surface area contributed by atoms with Crippen molar-refractivity contribution >= 4 is 0 Å². The molecule has 0 aliphatic carbocycles. The molecule has 1 aliphatic heterocycles. The molecule has 2 unspecified atom stereocenters. The van der Waals surface area contributed by atoms with E-state index in [0.29, 0.717) is 6.79 Å². The summed E-state index contributed by atoms with van der Waals surface area (Å²) in [5.41, 5.74) is 0. The Kier molecular flexibility index (Phi) is 2.45. The third kappa shape index (κ3) is 1.93. The minimum absolute atomic E-state index is 0.00579. The second kappa shape index (κ2) is 3.15. The maximum absolute atomic E-state index is 8.63. The first-order chi connectivity index (χ1) is 4.33. The molecule has 3 heteroatoms. The SMILES string of the molecule is CC1CC(CO)OCO1. The van der Waals surface area contributed by atoms with Crippen LogP contribution in [0.15, 0.2) is 0 Å². The van der Waals surface area contributed by atoms with E-state index in [-0.39, 0.29) is 18.8 Å². The van der Waals surface area contributed by atoms with E-state index in [9.17, 15) is 0 Å². The van der Waals surface area contributed by atoms with E-state index in [1.54, 1.807) is 0 Å². The second-order valence-electron chi connectivity index (χ2n) is 2.30. The highest BCUT2D eigenvalue weighted by molar-refractivity contribution is 4.63. The molecule has 0 aromatic heterocycles. The Balaban J connectivity index is 2.23. The van der Waals surface area contributed by atoms with Crippen LogP contribution in [0.1, 0.15) is 13.3 Å². The number of ether oxygens (including phenoxy) is 2. The van der Waals surface area contributed by atoms with E-state index in [0.717, 1.165) is 6.42 Å². The third-order valence-corrected chi connectivity index (χ3v) is 1.45.